The van der Waals surface area contributed by atoms with Gasteiger partial charge in [0, 0.05) is 0 Å². The molecule has 0 spiro atoms. The normalized spacial score (nSPS) is 15.8. The molecule has 0 aliphatic carbocycles. The van der Waals surface area contributed by atoms with Crippen LogP contribution in [-0.4, -0.2) is 17.8 Å². The van der Waals surface area contributed by atoms with E-state index in [0.717, 1.165) is 6.42 Å². The molecular weight excluding hydrogens is 792 g/mol. The van der Waals surface area contributed by atoms with Crippen molar-refractivity contribution in [3.63, 3.8) is 0 Å². The van der Waals surface area contributed by atoms with Crippen molar-refractivity contribution in [3.05, 3.63) is 173 Å². The van der Waals surface area contributed by atoms with Crippen LogP contribution in [0.4, 0.5) is 0 Å². The number of ether oxygens (including phenoxy) is 1. The molecule has 4 heteroatoms. The first kappa shape index (κ1) is 33.2. The summed E-state index contributed by atoms with van der Waals surface area (Å²) in [5, 5.41) is 7.70. The number of nitrogens with zero attached hydrogens (tertiary/aromatic N) is 1. The van der Waals surface area contributed by atoms with Gasteiger partial charge in [-0.15, -0.1) is 0 Å². The Morgan fingerprint density at radius 3 is 1.86 bits per heavy atom. The van der Waals surface area contributed by atoms with Gasteiger partial charge in [-0.2, -0.15) is 0 Å². The van der Waals surface area contributed by atoms with Crippen LogP contribution in [0.1, 0.15) is 31.4 Å². The monoisotopic (exact) mass is 833 g/mol. The molecule has 1 aliphatic heterocycles. The van der Waals surface area contributed by atoms with Crippen molar-refractivity contribution in [2.45, 2.75) is 20.3 Å². The van der Waals surface area contributed by atoms with Crippen LogP contribution >= 0.6 is 7.26 Å². The zero-order chi connectivity index (χ0) is 33.8. The van der Waals surface area contributed by atoms with Crippen LogP contribution in [0.5, 0.6) is 0 Å². The van der Waals surface area contributed by atoms with Gasteiger partial charge in [-0.25, -0.2) is 0 Å². The molecule has 0 bridgehead atoms. The summed E-state index contributed by atoms with van der Waals surface area (Å²) < 4.78 is 12.3. The summed E-state index contributed by atoms with van der Waals surface area (Å²) in [4.78, 5) is 0. The number of hydrogen-bond acceptors (Lipinski definition) is 1. The van der Waals surface area contributed by atoms with Gasteiger partial charge in [0.2, 0.25) is 0 Å². The van der Waals surface area contributed by atoms with E-state index in [1.54, 1.807) is 0 Å². The van der Waals surface area contributed by atoms with E-state index in [4.69, 9.17) is 4.74 Å². The maximum absolute atomic E-state index is 6.09. The minimum atomic E-state index is -2.44. The molecule has 1 fully saturated rings. The van der Waals surface area contributed by atoms with Crippen LogP contribution in [0.2, 0.25) is 0 Å². The molecular formula is C45H40NOOsP+. The molecule has 49 heavy (non-hydrogen) atoms. The molecule has 2 heterocycles. The number of aryl methyl sites for hydroxylation is 1. The van der Waals surface area contributed by atoms with E-state index in [1.807, 2.05) is 17.9 Å². The average Bonchev–Trinajstić information content (AvgIpc) is 3.71. The van der Waals surface area contributed by atoms with Gasteiger partial charge in [0.1, 0.15) is 0 Å². The van der Waals surface area contributed by atoms with E-state index in [1.165, 1.54) is 70.9 Å². The molecule has 0 saturated carbocycles. The Morgan fingerprint density at radius 2 is 1.31 bits per heavy atom. The van der Waals surface area contributed by atoms with Crippen molar-refractivity contribution in [3.8, 4) is 4.37 Å². The molecule has 0 atom stereocenters. The fraction of sp³-hybridized carbons (Fsp3) is 0.133. The van der Waals surface area contributed by atoms with Crippen molar-refractivity contribution in [1.29, 1.82) is 0 Å². The van der Waals surface area contributed by atoms with Gasteiger partial charge in [0.15, 0.2) is 0 Å². The third-order valence-corrected chi connectivity index (χ3v) is 14.9. The molecule has 1 aromatic heterocycles. The molecule has 0 N–H and O–H groups in total. The minimum absolute atomic E-state index is 0.603. The summed E-state index contributed by atoms with van der Waals surface area (Å²) >= 11 is 1.84. The van der Waals surface area contributed by atoms with Crippen LogP contribution in [-0.2, 0) is 29.7 Å². The summed E-state index contributed by atoms with van der Waals surface area (Å²) in [5.74, 6) is 0. The predicted octanol–water partition coefficient (Wildman–Crippen LogP) is 9.87. The Labute approximate surface area is 300 Å². The molecule has 7 rings (SSSR count). The fourth-order valence-corrected chi connectivity index (χ4v) is 13.1. The van der Waals surface area contributed by atoms with Gasteiger partial charge in [-0.05, 0) is 6.92 Å². The first-order valence-electron chi connectivity index (χ1n) is 16.9. The number of hydrogen-bond donors (Lipinski definition) is 0. The molecule has 2 nitrogen and oxygen atoms in total. The van der Waals surface area contributed by atoms with Crippen molar-refractivity contribution in [2.24, 2.45) is 7.05 Å². The first-order chi connectivity index (χ1) is 24.1. The van der Waals surface area contributed by atoms with Crippen molar-refractivity contribution in [2.75, 3.05) is 13.2 Å². The van der Waals surface area contributed by atoms with Crippen molar-refractivity contribution >= 4 is 56.6 Å². The summed E-state index contributed by atoms with van der Waals surface area (Å²) in [6.45, 7) is 5.52. The Morgan fingerprint density at radius 1 is 0.755 bits per heavy atom. The van der Waals surface area contributed by atoms with Gasteiger partial charge in [0.05, 0.1) is 0 Å². The van der Waals surface area contributed by atoms with Gasteiger partial charge in [-0.3, -0.25) is 0 Å². The van der Waals surface area contributed by atoms with Crippen LogP contribution in [0.3, 0.4) is 0 Å². The number of benzene rings is 5. The fourth-order valence-electron chi connectivity index (χ4n) is 7.25. The SMILES string of the molecule is C/C=C/c1ccc2c3ccc(C(C=C4COCC4=CCC)=C([C]#[Os])[P+](c4ccccc4)(c4ccccc4)c4ccccc4)cc3n(C)c2c1. The van der Waals surface area contributed by atoms with E-state index in [-0.39, 0.29) is 0 Å². The third-order valence-electron chi connectivity index (χ3n) is 9.50. The van der Waals surface area contributed by atoms with Crippen LogP contribution in [0.25, 0.3) is 33.5 Å². The third kappa shape index (κ3) is 6.08. The summed E-state index contributed by atoms with van der Waals surface area (Å²) in [6, 6.07) is 47.1. The second-order valence-corrected chi connectivity index (χ2v) is 16.4. The van der Waals surface area contributed by atoms with Crippen LogP contribution in [0, 0.1) is 4.37 Å². The van der Waals surface area contributed by atoms with E-state index < -0.39 is 7.26 Å². The Bertz CT molecular complexity index is 2210. The van der Waals surface area contributed by atoms with Crippen LogP contribution in [0.15, 0.2) is 162 Å². The summed E-state index contributed by atoms with van der Waals surface area (Å²) in [5.41, 5.74) is 8.57. The molecule has 0 radical (unpaired) electrons. The van der Waals surface area contributed by atoms with Crippen molar-refractivity contribution < 1.29 is 22.7 Å². The second kappa shape index (κ2) is 14.6. The standard InChI is InChI=1S/C45H40NOP.Os/c1-5-16-34-24-26-41-42-27-25-35(30-45(42)46(4)44(41)28-34)43(29-37-32-47-31-36(37)17-6-2)33(3)48(38-18-10-7-11-19-38,39-20-12-8-13-21-39)40-22-14-9-15-23-40;/h5,7-30H,6,31-32H2,1-2,4H3;/q+1;/b16-5+,36-17?,37-29?,43-33?;. The Kier molecular flexibility index (Phi) is 9.92. The zero-order valence-electron chi connectivity index (χ0n) is 28.2. The molecule has 0 amide bonds. The average molecular weight is 832 g/mol. The van der Waals surface area contributed by atoms with Crippen molar-refractivity contribution in [1.82, 2.24) is 4.57 Å². The van der Waals surface area contributed by atoms with Gasteiger partial charge in [-0.1, -0.05) is 0 Å². The second-order valence-electron chi connectivity index (χ2n) is 12.4. The summed E-state index contributed by atoms with van der Waals surface area (Å²) in [7, 11) is -0.243. The number of fused-ring (bicyclic) bond motifs is 3. The molecule has 0 unspecified atom stereocenters. The first-order valence-corrected chi connectivity index (χ1v) is 19.9. The molecule has 1 aliphatic rings. The molecule has 6 aromatic rings. The molecule has 243 valence electrons. The topological polar surface area (TPSA) is 14.2 Å². The zero-order valence-corrected chi connectivity index (χ0v) is 31.6. The van der Waals surface area contributed by atoms with E-state index >= 15 is 0 Å². The molecule has 5 aromatic carbocycles. The number of aromatic nitrogens is 1. The quantitative estimate of drug-likeness (QED) is 0.140. The van der Waals surface area contributed by atoms with Gasteiger partial charge in [0.25, 0.3) is 0 Å². The van der Waals surface area contributed by atoms with E-state index in [2.05, 4.69) is 182 Å². The number of allylic oxidation sites excluding steroid dienone is 5. The predicted molar refractivity (Wildman–Crippen MR) is 208 cm³/mol. The van der Waals surface area contributed by atoms with E-state index in [9.17, 15) is 0 Å². The molecule has 1 saturated heterocycles. The van der Waals surface area contributed by atoms with E-state index in [0.29, 0.717) is 13.2 Å². The van der Waals surface area contributed by atoms with Gasteiger partial charge >= 0.3 is 295 Å². The maximum atomic E-state index is 6.09. The Hall–Kier alpha value is -4.33. The van der Waals surface area contributed by atoms with Crippen LogP contribution < -0.4 is 15.9 Å². The Balaban J connectivity index is 1.62. The van der Waals surface area contributed by atoms with Gasteiger partial charge < -0.3 is 0 Å². The summed E-state index contributed by atoms with van der Waals surface area (Å²) in [6.07, 6.45) is 9.98. The number of rotatable bonds is 8.